The second kappa shape index (κ2) is 7.64. The smallest absolute Gasteiger partial charge is 0.0758 e. The Kier molecular flexibility index (Phi) is 6.89. The zero-order valence-corrected chi connectivity index (χ0v) is 13.2. The molecule has 0 aliphatic heterocycles. The van der Waals surface area contributed by atoms with Gasteiger partial charge in [-0.25, -0.2) is 0 Å². The summed E-state index contributed by atoms with van der Waals surface area (Å²) >= 11 is 8.71. The van der Waals surface area contributed by atoms with Crippen LogP contribution in [0.4, 0.5) is 0 Å². The lowest BCUT2D eigenvalue weighted by molar-refractivity contribution is 0.572. The molecule has 0 aromatic carbocycles. The summed E-state index contributed by atoms with van der Waals surface area (Å²) in [5.41, 5.74) is 7.38. The molecule has 1 nitrogen and oxygen atoms in total. The van der Waals surface area contributed by atoms with Crippen molar-refractivity contribution in [1.82, 2.24) is 0 Å². The van der Waals surface area contributed by atoms with E-state index in [2.05, 4.69) is 44.5 Å². The van der Waals surface area contributed by atoms with Crippen LogP contribution >= 0.6 is 43.2 Å². The second-order valence-electron chi connectivity index (χ2n) is 3.81. The van der Waals surface area contributed by atoms with Crippen LogP contribution in [0.1, 0.15) is 43.7 Å². The Bertz CT molecular complexity index is 336. The van der Waals surface area contributed by atoms with Gasteiger partial charge in [0, 0.05) is 6.04 Å². The summed E-state index contributed by atoms with van der Waals surface area (Å²) in [6.07, 6.45) is 7.80. The van der Waals surface area contributed by atoms with Crippen LogP contribution < -0.4 is 5.73 Å². The van der Waals surface area contributed by atoms with Crippen LogP contribution in [0.3, 0.4) is 0 Å². The van der Waals surface area contributed by atoms with Crippen LogP contribution in [0.5, 0.6) is 0 Å². The lowest BCUT2D eigenvalue weighted by Gasteiger charge is -2.10. The van der Waals surface area contributed by atoms with Gasteiger partial charge in [-0.15, -0.1) is 17.9 Å². The van der Waals surface area contributed by atoms with Gasteiger partial charge < -0.3 is 5.73 Å². The molecule has 1 aromatic heterocycles. The summed E-state index contributed by atoms with van der Waals surface area (Å²) in [6.45, 7) is 3.72. The van der Waals surface area contributed by atoms with Crippen LogP contribution in [-0.2, 0) is 0 Å². The topological polar surface area (TPSA) is 26.0 Å². The Hall–Kier alpha value is 0.360. The van der Waals surface area contributed by atoms with Crippen molar-refractivity contribution in [3.8, 4) is 0 Å². The molecule has 0 amide bonds. The summed E-state index contributed by atoms with van der Waals surface area (Å²) in [5, 5.41) is 0. The van der Waals surface area contributed by atoms with Gasteiger partial charge in [0.05, 0.1) is 7.57 Å². The minimum absolute atomic E-state index is 0.153. The monoisotopic (exact) mass is 365 g/mol. The van der Waals surface area contributed by atoms with E-state index in [1.54, 1.807) is 11.3 Å². The van der Waals surface area contributed by atoms with Crippen LogP contribution in [0.25, 0.3) is 0 Å². The molecule has 0 spiro atoms. The van der Waals surface area contributed by atoms with E-state index in [0.29, 0.717) is 0 Å². The Labute approximate surface area is 118 Å². The van der Waals surface area contributed by atoms with Crippen molar-refractivity contribution in [2.75, 3.05) is 0 Å². The van der Waals surface area contributed by atoms with Gasteiger partial charge in [-0.2, -0.15) is 0 Å². The number of hydrogen-bond donors (Lipinski definition) is 1. The van der Waals surface area contributed by atoms with E-state index in [9.17, 15) is 0 Å². The number of thiophene rings is 1. The van der Waals surface area contributed by atoms with Crippen molar-refractivity contribution in [2.45, 2.75) is 38.1 Å². The number of allylic oxidation sites excluding steroid dienone is 1. The highest BCUT2D eigenvalue weighted by atomic mass is 79.9. The summed E-state index contributed by atoms with van der Waals surface area (Å²) in [7, 11) is 0. The summed E-state index contributed by atoms with van der Waals surface area (Å²) < 4.78 is 2.29. The van der Waals surface area contributed by atoms with Gasteiger partial charge in [0.1, 0.15) is 0 Å². The maximum Gasteiger partial charge on any atom is 0.0758 e. The van der Waals surface area contributed by atoms with E-state index < -0.39 is 0 Å². The molecular formula is C12H17Br2NS. The fourth-order valence-corrected chi connectivity index (χ4v) is 4.59. The third-order valence-electron chi connectivity index (χ3n) is 2.51. The predicted molar refractivity (Wildman–Crippen MR) is 79.9 cm³/mol. The van der Waals surface area contributed by atoms with E-state index in [4.69, 9.17) is 5.73 Å². The van der Waals surface area contributed by atoms with E-state index in [1.165, 1.54) is 24.8 Å². The SMILES string of the molecule is C=CCCCCCC(N)c1cc(Br)sc1Br. The van der Waals surface area contributed by atoms with E-state index in [1.807, 2.05) is 6.08 Å². The van der Waals surface area contributed by atoms with Gasteiger partial charge >= 0.3 is 0 Å². The highest BCUT2D eigenvalue weighted by Crippen LogP contribution is 2.36. The normalized spacial score (nSPS) is 12.7. The largest absolute Gasteiger partial charge is 0.324 e. The molecule has 1 rings (SSSR count). The molecule has 1 heterocycles. The first-order valence-corrected chi connectivity index (χ1v) is 7.86. The maximum absolute atomic E-state index is 6.16. The van der Waals surface area contributed by atoms with Gasteiger partial charge in [0.15, 0.2) is 0 Å². The molecule has 0 radical (unpaired) electrons. The van der Waals surface area contributed by atoms with Gasteiger partial charge in [-0.3, -0.25) is 0 Å². The van der Waals surface area contributed by atoms with Gasteiger partial charge in [0.25, 0.3) is 0 Å². The van der Waals surface area contributed by atoms with Crippen molar-refractivity contribution < 1.29 is 0 Å². The molecule has 0 aliphatic carbocycles. The van der Waals surface area contributed by atoms with Crippen LogP contribution in [0, 0.1) is 0 Å². The second-order valence-corrected chi connectivity index (χ2v) is 7.56. The average molecular weight is 367 g/mol. The van der Waals surface area contributed by atoms with Crippen LogP contribution in [0.15, 0.2) is 26.3 Å². The maximum atomic E-state index is 6.16. The molecule has 1 atom stereocenters. The molecule has 1 aromatic rings. The Morgan fingerprint density at radius 3 is 2.69 bits per heavy atom. The van der Waals surface area contributed by atoms with E-state index in [-0.39, 0.29) is 6.04 Å². The first-order chi connectivity index (χ1) is 7.65. The number of halogens is 2. The van der Waals surface area contributed by atoms with Crippen molar-refractivity contribution in [1.29, 1.82) is 0 Å². The molecule has 0 bridgehead atoms. The molecule has 90 valence electrons. The third-order valence-corrected chi connectivity index (χ3v) is 4.89. The molecule has 1 unspecified atom stereocenters. The highest BCUT2D eigenvalue weighted by molar-refractivity contribution is 9.12. The van der Waals surface area contributed by atoms with Gasteiger partial charge in [-0.1, -0.05) is 18.9 Å². The van der Waals surface area contributed by atoms with Gasteiger partial charge in [0.2, 0.25) is 0 Å². The standard InChI is InChI=1S/C12H17Br2NS/c1-2-3-4-5-6-7-10(15)9-8-11(13)16-12(9)14/h2,8,10H,1,3-7,15H2. The predicted octanol–water partition coefficient (Wildman–Crippen LogP) is 5.41. The average Bonchev–Trinajstić information content (AvgIpc) is 2.57. The van der Waals surface area contributed by atoms with Gasteiger partial charge in [-0.05, 0) is 62.8 Å². The summed E-state index contributed by atoms with van der Waals surface area (Å²) in [4.78, 5) is 0. The van der Waals surface area contributed by atoms with Crippen molar-refractivity contribution >= 4 is 43.2 Å². The van der Waals surface area contributed by atoms with Crippen molar-refractivity contribution in [3.05, 3.63) is 31.9 Å². The fraction of sp³-hybridized carbons (Fsp3) is 0.500. The first kappa shape index (κ1) is 14.4. The lowest BCUT2D eigenvalue weighted by atomic mass is 10.0. The Morgan fingerprint density at radius 2 is 2.12 bits per heavy atom. The molecule has 0 saturated heterocycles. The Balaban J connectivity index is 2.32. The lowest BCUT2D eigenvalue weighted by Crippen LogP contribution is -2.09. The van der Waals surface area contributed by atoms with E-state index in [0.717, 1.165) is 20.4 Å². The zero-order valence-electron chi connectivity index (χ0n) is 9.22. The number of hydrogen-bond acceptors (Lipinski definition) is 2. The first-order valence-electron chi connectivity index (χ1n) is 5.46. The van der Waals surface area contributed by atoms with Crippen LogP contribution in [0.2, 0.25) is 0 Å². The van der Waals surface area contributed by atoms with Crippen molar-refractivity contribution in [2.24, 2.45) is 5.73 Å². The summed E-state index contributed by atoms with van der Waals surface area (Å²) in [5.74, 6) is 0. The minimum Gasteiger partial charge on any atom is -0.324 e. The quantitative estimate of drug-likeness (QED) is 0.506. The number of unbranched alkanes of at least 4 members (excludes halogenated alkanes) is 3. The zero-order chi connectivity index (χ0) is 12.0. The molecule has 0 fully saturated rings. The third kappa shape index (κ3) is 4.70. The molecule has 16 heavy (non-hydrogen) atoms. The highest BCUT2D eigenvalue weighted by Gasteiger charge is 2.12. The van der Waals surface area contributed by atoms with E-state index >= 15 is 0 Å². The molecule has 0 aliphatic rings. The molecule has 4 heteroatoms. The summed E-state index contributed by atoms with van der Waals surface area (Å²) in [6, 6.07) is 2.27. The fourth-order valence-electron chi connectivity index (χ4n) is 1.59. The van der Waals surface area contributed by atoms with Crippen LogP contribution in [-0.4, -0.2) is 0 Å². The molecule has 2 N–H and O–H groups in total. The molecular weight excluding hydrogens is 350 g/mol. The molecule has 0 saturated carbocycles. The minimum atomic E-state index is 0.153. The van der Waals surface area contributed by atoms with Crippen molar-refractivity contribution in [3.63, 3.8) is 0 Å². The Morgan fingerprint density at radius 1 is 1.38 bits per heavy atom. The number of rotatable bonds is 7. The number of nitrogens with two attached hydrogens (primary N) is 1.